The number of benzene rings is 1. The largest absolute Gasteiger partial charge is 0.326 e. The van der Waals surface area contributed by atoms with Gasteiger partial charge in [-0.1, -0.05) is 31.9 Å². The lowest BCUT2D eigenvalue weighted by Crippen LogP contribution is -2.11. The lowest BCUT2D eigenvalue weighted by molar-refractivity contribution is -0.116. The van der Waals surface area contributed by atoms with Crippen molar-refractivity contribution in [1.82, 2.24) is 0 Å². The van der Waals surface area contributed by atoms with Gasteiger partial charge in [0.2, 0.25) is 5.91 Å². The first kappa shape index (κ1) is 14.8. The van der Waals surface area contributed by atoms with Crippen molar-refractivity contribution >= 4 is 35.1 Å². The van der Waals surface area contributed by atoms with Crippen LogP contribution in [0.5, 0.6) is 0 Å². The van der Waals surface area contributed by atoms with Gasteiger partial charge in [0.1, 0.15) is 0 Å². The maximum atomic E-state index is 11.8. The molecule has 1 aromatic rings. The summed E-state index contributed by atoms with van der Waals surface area (Å²) in [5.74, 6) is 2.59. The van der Waals surface area contributed by atoms with E-state index in [2.05, 4.69) is 24.4 Å². The molecule has 0 radical (unpaired) electrons. The molecule has 0 bridgehead atoms. The molecular weight excluding hydrogens is 274 g/mol. The Kier molecular flexibility index (Phi) is 6.11. The predicted molar refractivity (Wildman–Crippen MR) is 86.9 cm³/mol. The average molecular weight is 295 g/mol. The maximum absolute atomic E-state index is 11.8. The van der Waals surface area contributed by atoms with Crippen LogP contribution >= 0.6 is 23.5 Å². The molecule has 0 aliphatic carbocycles. The summed E-state index contributed by atoms with van der Waals surface area (Å²) >= 11 is 3.98. The minimum atomic E-state index is 0.136. The molecule has 1 aliphatic rings. The first-order chi connectivity index (χ1) is 9.29. The highest BCUT2D eigenvalue weighted by Crippen LogP contribution is 2.45. The molecule has 2 rings (SSSR count). The fraction of sp³-hybridized carbons (Fsp3) is 0.533. The highest BCUT2D eigenvalue weighted by Gasteiger charge is 2.18. The molecular formula is C15H21NOS2. The van der Waals surface area contributed by atoms with Crippen LogP contribution in [0, 0.1) is 0 Å². The van der Waals surface area contributed by atoms with Crippen molar-refractivity contribution in [3.8, 4) is 0 Å². The van der Waals surface area contributed by atoms with Crippen LogP contribution in [0.3, 0.4) is 0 Å². The van der Waals surface area contributed by atoms with Crippen LogP contribution in [0.4, 0.5) is 5.69 Å². The Balaban J connectivity index is 1.89. The fourth-order valence-corrected chi connectivity index (χ4v) is 4.91. The Morgan fingerprint density at radius 3 is 2.84 bits per heavy atom. The van der Waals surface area contributed by atoms with Crippen molar-refractivity contribution in [3.63, 3.8) is 0 Å². The van der Waals surface area contributed by atoms with E-state index in [1.807, 2.05) is 35.7 Å². The number of carbonyl (C=O) groups excluding carboxylic acids is 1. The topological polar surface area (TPSA) is 29.1 Å². The van der Waals surface area contributed by atoms with Gasteiger partial charge in [0.25, 0.3) is 0 Å². The van der Waals surface area contributed by atoms with Gasteiger partial charge < -0.3 is 5.32 Å². The number of nitrogens with one attached hydrogen (secondary N) is 1. The Morgan fingerprint density at radius 1 is 1.32 bits per heavy atom. The summed E-state index contributed by atoms with van der Waals surface area (Å²) in [6.45, 7) is 2.15. The maximum Gasteiger partial charge on any atom is 0.224 e. The van der Waals surface area contributed by atoms with Crippen LogP contribution in [-0.2, 0) is 4.79 Å². The van der Waals surface area contributed by atoms with Crippen LogP contribution in [0.15, 0.2) is 24.3 Å². The average Bonchev–Trinajstić information content (AvgIpc) is 2.93. The zero-order valence-electron chi connectivity index (χ0n) is 11.4. The molecule has 2 nitrogen and oxygen atoms in total. The van der Waals surface area contributed by atoms with E-state index in [4.69, 9.17) is 0 Å². The van der Waals surface area contributed by atoms with E-state index in [1.54, 1.807) is 0 Å². The molecule has 1 aliphatic heterocycles. The van der Waals surface area contributed by atoms with Gasteiger partial charge in [-0.25, -0.2) is 0 Å². The Morgan fingerprint density at radius 2 is 2.11 bits per heavy atom. The Bertz CT molecular complexity index is 416. The second-order valence-corrected chi connectivity index (χ2v) is 7.43. The molecule has 1 fully saturated rings. The lowest BCUT2D eigenvalue weighted by Gasteiger charge is -2.11. The molecule has 0 atom stereocenters. The molecule has 1 N–H and O–H groups in total. The van der Waals surface area contributed by atoms with Gasteiger partial charge in [-0.2, -0.15) is 0 Å². The summed E-state index contributed by atoms with van der Waals surface area (Å²) in [4.78, 5) is 11.8. The van der Waals surface area contributed by atoms with E-state index in [1.165, 1.54) is 17.1 Å². The number of hydrogen-bond acceptors (Lipinski definition) is 3. The van der Waals surface area contributed by atoms with E-state index in [0.717, 1.165) is 24.9 Å². The summed E-state index contributed by atoms with van der Waals surface area (Å²) < 4.78 is 0.539. The van der Waals surface area contributed by atoms with Crippen LogP contribution in [0.1, 0.15) is 42.8 Å². The van der Waals surface area contributed by atoms with E-state index in [9.17, 15) is 4.79 Å². The molecule has 1 heterocycles. The van der Waals surface area contributed by atoms with Gasteiger partial charge in [0.15, 0.2) is 0 Å². The van der Waals surface area contributed by atoms with Crippen molar-refractivity contribution in [3.05, 3.63) is 29.8 Å². The number of hydrogen-bond donors (Lipinski definition) is 1. The van der Waals surface area contributed by atoms with Crippen molar-refractivity contribution in [2.24, 2.45) is 0 Å². The quantitative estimate of drug-likeness (QED) is 0.772. The van der Waals surface area contributed by atoms with E-state index in [0.29, 0.717) is 11.0 Å². The van der Waals surface area contributed by atoms with Crippen LogP contribution in [0.25, 0.3) is 0 Å². The van der Waals surface area contributed by atoms with Gasteiger partial charge in [-0.3, -0.25) is 4.79 Å². The van der Waals surface area contributed by atoms with Crippen molar-refractivity contribution in [2.75, 3.05) is 16.8 Å². The number of anilines is 1. The third-order valence-corrected chi connectivity index (χ3v) is 6.18. The molecule has 0 unspecified atom stereocenters. The summed E-state index contributed by atoms with van der Waals surface area (Å²) in [7, 11) is 0. The van der Waals surface area contributed by atoms with Crippen molar-refractivity contribution in [2.45, 2.75) is 37.2 Å². The first-order valence-electron chi connectivity index (χ1n) is 6.92. The third-order valence-electron chi connectivity index (χ3n) is 3.07. The summed E-state index contributed by atoms with van der Waals surface area (Å²) in [5, 5.41) is 3.01. The molecule has 1 amide bonds. The van der Waals surface area contributed by atoms with E-state index >= 15 is 0 Å². The zero-order valence-corrected chi connectivity index (χ0v) is 13.0. The smallest absolute Gasteiger partial charge is 0.224 e. The predicted octanol–water partition coefficient (Wildman–Crippen LogP) is 4.68. The normalized spacial score (nSPS) is 15.6. The van der Waals surface area contributed by atoms with Crippen molar-refractivity contribution in [1.29, 1.82) is 0 Å². The molecule has 0 spiro atoms. The molecule has 1 aromatic carbocycles. The van der Waals surface area contributed by atoms with Gasteiger partial charge in [-0.15, -0.1) is 23.5 Å². The second kappa shape index (κ2) is 7.85. The second-order valence-electron chi connectivity index (χ2n) is 4.70. The Hall–Kier alpha value is -0.610. The van der Waals surface area contributed by atoms with E-state index in [-0.39, 0.29) is 5.91 Å². The lowest BCUT2D eigenvalue weighted by atomic mass is 10.2. The Labute approximate surface area is 124 Å². The SMILES string of the molecule is CCCCCC(=O)Nc1cccc(C2SCCS2)c1. The highest BCUT2D eigenvalue weighted by molar-refractivity contribution is 8.19. The summed E-state index contributed by atoms with van der Waals surface area (Å²) in [6, 6.07) is 8.29. The molecule has 19 heavy (non-hydrogen) atoms. The van der Waals surface area contributed by atoms with Gasteiger partial charge >= 0.3 is 0 Å². The number of rotatable bonds is 6. The number of amides is 1. The first-order valence-corrected chi connectivity index (χ1v) is 9.02. The molecule has 0 aromatic heterocycles. The minimum Gasteiger partial charge on any atom is -0.326 e. The van der Waals surface area contributed by atoms with Crippen LogP contribution in [-0.4, -0.2) is 17.4 Å². The number of carbonyl (C=O) groups is 1. The van der Waals surface area contributed by atoms with Gasteiger partial charge in [0, 0.05) is 23.6 Å². The minimum absolute atomic E-state index is 0.136. The fourth-order valence-electron chi connectivity index (χ4n) is 2.07. The van der Waals surface area contributed by atoms with Crippen molar-refractivity contribution < 1.29 is 4.79 Å². The van der Waals surface area contributed by atoms with Gasteiger partial charge in [0.05, 0.1) is 4.58 Å². The standard InChI is InChI=1S/C15H21NOS2/c1-2-3-4-8-14(17)16-13-7-5-6-12(11-13)15-18-9-10-19-15/h5-7,11,15H,2-4,8-10H2,1H3,(H,16,17). The molecule has 1 saturated heterocycles. The summed E-state index contributed by atoms with van der Waals surface area (Å²) in [5.41, 5.74) is 2.26. The van der Waals surface area contributed by atoms with Crippen LogP contribution < -0.4 is 5.32 Å². The number of thioether (sulfide) groups is 2. The number of unbranched alkanes of at least 4 members (excludes halogenated alkanes) is 2. The van der Waals surface area contributed by atoms with Crippen LogP contribution in [0.2, 0.25) is 0 Å². The van der Waals surface area contributed by atoms with E-state index < -0.39 is 0 Å². The third kappa shape index (κ3) is 4.77. The van der Waals surface area contributed by atoms with Gasteiger partial charge in [-0.05, 0) is 24.1 Å². The summed E-state index contributed by atoms with van der Waals surface area (Å²) in [6.07, 6.45) is 3.89. The highest BCUT2D eigenvalue weighted by atomic mass is 32.2. The molecule has 0 saturated carbocycles. The monoisotopic (exact) mass is 295 g/mol. The molecule has 4 heteroatoms. The zero-order chi connectivity index (χ0) is 13.5. The molecule has 104 valence electrons.